The number of hydrogen-bond acceptors (Lipinski definition) is 4. The number of carbonyl (C=O) groups excluding carboxylic acids is 3. The Kier molecular flexibility index (Phi) is 4.57. The molecule has 1 heterocycles. The first-order valence-electron chi connectivity index (χ1n) is 6.84. The number of esters is 1. The van der Waals surface area contributed by atoms with Gasteiger partial charge in [-0.3, -0.25) is 14.5 Å². The molecule has 1 fully saturated rings. The van der Waals surface area contributed by atoms with E-state index in [1.165, 1.54) is 0 Å². The lowest BCUT2D eigenvalue weighted by Gasteiger charge is -2.12. The van der Waals surface area contributed by atoms with E-state index in [4.69, 9.17) is 4.74 Å². The second-order valence-electron chi connectivity index (χ2n) is 4.98. The van der Waals surface area contributed by atoms with Crippen LogP contribution in [0.15, 0.2) is 18.2 Å². The van der Waals surface area contributed by atoms with E-state index in [2.05, 4.69) is 5.32 Å². The van der Waals surface area contributed by atoms with E-state index in [1.54, 1.807) is 6.07 Å². The summed E-state index contributed by atoms with van der Waals surface area (Å²) in [6, 6.07) is 5.13. The number of urea groups is 1. The van der Waals surface area contributed by atoms with E-state index in [1.807, 2.05) is 26.0 Å². The molecule has 0 bridgehead atoms. The summed E-state index contributed by atoms with van der Waals surface area (Å²) in [5, 5.41) is 2.43. The average Bonchev–Trinajstić information content (AvgIpc) is 2.75. The summed E-state index contributed by atoms with van der Waals surface area (Å²) in [6.45, 7) is 4.10. The number of amides is 3. The molecule has 6 nitrogen and oxygen atoms in total. The van der Waals surface area contributed by atoms with Crippen molar-refractivity contribution >= 4 is 17.9 Å². The SMILES string of the molecule is Cc1cccc(OC(=O)CCCN2C(=O)CNC2=O)c1C. The third-order valence-corrected chi connectivity index (χ3v) is 3.48. The van der Waals surface area contributed by atoms with Crippen molar-refractivity contribution in [1.29, 1.82) is 0 Å². The minimum Gasteiger partial charge on any atom is -0.426 e. The molecule has 0 atom stereocenters. The van der Waals surface area contributed by atoms with Crippen LogP contribution < -0.4 is 10.1 Å². The minimum atomic E-state index is -0.400. The summed E-state index contributed by atoms with van der Waals surface area (Å²) >= 11 is 0. The number of benzene rings is 1. The summed E-state index contributed by atoms with van der Waals surface area (Å²) < 4.78 is 5.30. The molecule has 0 saturated carbocycles. The third-order valence-electron chi connectivity index (χ3n) is 3.48. The van der Waals surface area contributed by atoms with Gasteiger partial charge in [-0.2, -0.15) is 0 Å². The number of aryl methyl sites for hydroxylation is 1. The fourth-order valence-electron chi connectivity index (χ4n) is 2.07. The Labute approximate surface area is 123 Å². The Morgan fingerprint density at radius 2 is 2.10 bits per heavy atom. The second-order valence-corrected chi connectivity index (χ2v) is 4.98. The lowest BCUT2D eigenvalue weighted by Crippen LogP contribution is -2.32. The molecule has 1 N–H and O–H groups in total. The lowest BCUT2D eigenvalue weighted by atomic mass is 10.1. The van der Waals surface area contributed by atoms with Crippen LogP contribution in [0.4, 0.5) is 4.79 Å². The standard InChI is InChI=1S/C15H18N2O4/c1-10-5-3-6-12(11(10)2)21-14(19)7-4-8-17-13(18)9-16-15(17)20/h3,5-6H,4,7-9H2,1-2H3,(H,16,20). The van der Waals surface area contributed by atoms with Gasteiger partial charge in [0.15, 0.2) is 0 Å². The van der Waals surface area contributed by atoms with Crippen molar-refractivity contribution in [3.63, 3.8) is 0 Å². The first-order chi connectivity index (χ1) is 9.99. The number of hydrogen-bond donors (Lipinski definition) is 1. The summed E-state index contributed by atoms with van der Waals surface area (Å²) in [5.41, 5.74) is 1.99. The Bertz CT molecular complexity index is 567. The van der Waals surface area contributed by atoms with E-state index >= 15 is 0 Å². The monoisotopic (exact) mass is 290 g/mol. The molecule has 6 heteroatoms. The van der Waals surface area contributed by atoms with Crippen LogP contribution in [0.1, 0.15) is 24.0 Å². The quantitative estimate of drug-likeness (QED) is 0.507. The van der Waals surface area contributed by atoms with Gasteiger partial charge in [0.05, 0.1) is 6.54 Å². The molecule has 21 heavy (non-hydrogen) atoms. The van der Waals surface area contributed by atoms with Crippen LogP contribution in [-0.4, -0.2) is 35.9 Å². The van der Waals surface area contributed by atoms with E-state index in [0.717, 1.165) is 16.0 Å². The van der Waals surface area contributed by atoms with Crippen LogP contribution in [0, 0.1) is 13.8 Å². The maximum absolute atomic E-state index is 11.8. The predicted molar refractivity (Wildman–Crippen MR) is 75.9 cm³/mol. The number of imide groups is 1. The Morgan fingerprint density at radius 1 is 1.33 bits per heavy atom. The molecule has 112 valence electrons. The Morgan fingerprint density at radius 3 is 2.76 bits per heavy atom. The van der Waals surface area contributed by atoms with Crippen LogP contribution in [0.25, 0.3) is 0 Å². The highest BCUT2D eigenvalue weighted by molar-refractivity contribution is 6.01. The smallest absolute Gasteiger partial charge is 0.324 e. The van der Waals surface area contributed by atoms with Gasteiger partial charge in [-0.05, 0) is 37.5 Å². The first kappa shape index (κ1) is 15.0. The Balaban J connectivity index is 1.81. The molecule has 1 aliphatic heterocycles. The molecule has 3 amide bonds. The molecule has 2 rings (SSSR count). The number of carbonyl (C=O) groups is 3. The highest BCUT2D eigenvalue weighted by Crippen LogP contribution is 2.21. The second kappa shape index (κ2) is 6.39. The summed E-state index contributed by atoms with van der Waals surface area (Å²) in [6.07, 6.45) is 0.549. The van der Waals surface area contributed by atoms with Gasteiger partial charge in [0, 0.05) is 13.0 Å². The van der Waals surface area contributed by atoms with Crippen LogP contribution in [-0.2, 0) is 9.59 Å². The van der Waals surface area contributed by atoms with E-state index in [-0.39, 0.29) is 31.4 Å². The molecule has 1 aromatic rings. The molecule has 0 aliphatic carbocycles. The van der Waals surface area contributed by atoms with Gasteiger partial charge in [-0.25, -0.2) is 4.79 Å². The van der Waals surface area contributed by atoms with Crippen LogP contribution in [0.3, 0.4) is 0 Å². The Hall–Kier alpha value is -2.37. The molecular formula is C15H18N2O4. The van der Waals surface area contributed by atoms with Gasteiger partial charge >= 0.3 is 12.0 Å². The lowest BCUT2D eigenvalue weighted by molar-refractivity contribution is -0.135. The predicted octanol–water partition coefficient (Wildman–Crippen LogP) is 1.54. The molecule has 0 aromatic heterocycles. The van der Waals surface area contributed by atoms with E-state index < -0.39 is 6.03 Å². The average molecular weight is 290 g/mol. The zero-order chi connectivity index (χ0) is 15.4. The van der Waals surface area contributed by atoms with Crippen molar-refractivity contribution < 1.29 is 19.1 Å². The largest absolute Gasteiger partial charge is 0.426 e. The first-order valence-corrected chi connectivity index (χ1v) is 6.84. The summed E-state index contributed by atoms with van der Waals surface area (Å²) in [7, 11) is 0. The zero-order valence-corrected chi connectivity index (χ0v) is 12.1. The van der Waals surface area contributed by atoms with Crippen molar-refractivity contribution in [2.45, 2.75) is 26.7 Å². The van der Waals surface area contributed by atoms with Gasteiger partial charge in [0.25, 0.3) is 0 Å². The molecule has 0 spiro atoms. The molecule has 0 unspecified atom stereocenters. The van der Waals surface area contributed by atoms with Crippen molar-refractivity contribution in [2.75, 3.05) is 13.1 Å². The van der Waals surface area contributed by atoms with Crippen molar-refractivity contribution in [2.24, 2.45) is 0 Å². The van der Waals surface area contributed by atoms with Gasteiger partial charge in [0.1, 0.15) is 5.75 Å². The van der Waals surface area contributed by atoms with Crippen molar-refractivity contribution in [1.82, 2.24) is 10.2 Å². The number of nitrogens with one attached hydrogen (secondary N) is 1. The molecule has 0 radical (unpaired) electrons. The zero-order valence-electron chi connectivity index (χ0n) is 12.1. The van der Waals surface area contributed by atoms with Gasteiger partial charge < -0.3 is 10.1 Å². The van der Waals surface area contributed by atoms with Crippen molar-refractivity contribution in [3.05, 3.63) is 29.3 Å². The van der Waals surface area contributed by atoms with Crippen LogP contribution >= 0.6 is 0 Å². The highest BCUT2D eigenvalue weighted by atomic mass is 16.5. The van der Waals surface area contributed by atoms with Gasteiger partial charge in [-0.15, -0.1) is 0 Å². The van der Waals surface area contributed by atoms with Gasteiger partial charge in [-0.1, -0.05) is 12.1 Å². The fraction of sp³-hybridized carbons (Fsp3) is 0.400. The van der Waals surface area contributed by atoms with Crippen LogP contribution in [0.2, 0.25) is 0 Å². The fourth-order valence-corrected chi connectivity index (χ4v) is 2.07. The summed E-state index contributed by atoms with van der Waals surface area (Å²) in [5.74, 6) is -0.0753. The molecular weight excluding hydrogens is 272 g/mol. The molecule has 1 aliphatic rings. The number of nitrogens with zero attached hydrogens (tertiary/aromatic N) is 1. The molecule has 1 aromatic carbocycles. The third kappa shape index (κ3) is 3.59. The minimum absolute atomic E-state index is 0.0335. The normalized spacial score (nSPS) is 14.3. The maximum Gasteiger partial charge on any atom is 0.324 e. The summed E-state index contributed by atoms with van der Waals surface area (Å²) in [4.78, 5) is 35.6. The van der Waals surface area contributed by atoms with E-state index in [9.17, 15) is 14.4 Å². The number of ether oxygens (including phenoxy) is 1. The highest BCUT2D eigenvalue weighted by Gasteiger charge is 2.27. The number of rotatable bonds is 5. The van der Waals surface area contributed by atoms with E-state index in [0.29, 0.717) is 12.2 Å². The molecule has 1 saturated heterocycles. The van der Waals surface area contributed by atoms with Gasteiger partial charge in [0.2, 0.25) is 5.91 Å². The topological polar surface area (TPSA) is 75.7 Å². The van der Waals surface area contributed by atoms with Crippen molar-refractivity contribution in [3.8, 4) is 5.75 Å². The maximum atomic E-state index is 11.8. The van der Waals surface area contributed by atoms with Crippen LogP contribution in [0.5, 0.6) is 5.75 Å².